The highest BCUT2D eigenvalue weighted by Crippen LogP contribution is 2.20. The molecule has 5 heteroatoms. The second-order valence-corrected chi connectivity index (χ2v) is 5.52. The van der Waals surface area contributed by atoms with Gasteiger partial charge in [0.15, 0.2) is 0 Å². The number of benzene rings is 1. The van der Waals surface area contributed by atoms with E-state index in [4.69, 9.17) is 9.57 Å². The zero-order valence-corrected chi connectivity index (χ0v) is 12.3. The van der Waals surface area contributed by atoms with Crippen molar-refractivity contribution in [3.63, 3.8) is 0 Å². The summed E-state index contributed by atoms with van der Waals surface area (Å²) in [6.07, 6.45) is 4.94. The fourth-order valence-corrected chi connectivity index (χ4v) is 2.26. The van der Waals surface area contributed by atoms with Crippen molar-refractivity contribution in [2.75, 3.05) is 6.61 Å². The smallest absolute Gasteiger partial charge is 0.246 e. The van der Waals surface area contributed by atoms with Gasteiger partial charge in [0.25, 0.3) is 0 Å². The van der Waals surface area contributed by atoms with E-state index < -0.39 is 0 Å². The monoisotopic (exact) mass is 327 g/mol. The maximum absolute atomic E-state index is 11.5. The average molecular weight is 328 g/mol. The molecule has 0 radical (unpaired) electrons. The fraction of sp³-hybridized carbons (Fsp3) is 0.500. The summed E-state index contributed by atoms with van der Waals surface area (Å²) in [7, 11) is 0. The van der Waals surface area contributed by atoms with E-state index in [1.807, 2.05) is 24.3 Å². The normalized spacial score (nSPS) is 15.4. The maximum atomic E-state index is 11.5. The van der Waals surface area contributed by atoms with Crippen LogP contribution in [0.5, 0.6) is 5.75 Å². The summed E-state index contributed by atoms with van der Waals surface area (Å²) in [6, 6.07) is 7.52. The van der Waals surface area contributed by atoms with E-state index in [2.05, 4.69) is 21.4 Å². The summed E-state index contributed by atoms with van der Waals surface area (Å²) in [4.78, 5) is 16.8. The van der Waals surface area contributed by atoms with Gasteiger partial charge in [0.2, 0.25) is 5.91 Å². The molecule has 1 aromatic rings. The molecule has 0 unspecified atom stereocenters. The number of halogens is 1. The summed E-state index contributed by atoms with van der Waals surface area (Å²) < 4.78 is 6.47. The molecule has 4 nitrogen and oxygen atoms in total. The van der Waals surface area contributed by atoms with Gasteiger partial charge in [-0.05, 0) is 37.1 Å². The molecule has 2 rings (SSSR count). The van der Waals surface area contributed by atoms with Crippen LogP contribution in [-0.2, 0) is 9.63 Å². The molecule has 1 N–H and O–H groups in total. The highest BCUT2D eigenvalue weighted by molar-refractivity contribution is 9.10. The number of rotatable bonds is 6. The average Bonchev–Trinajstić information content (AvgIpc) is 2.92. The first kappa shape index (κ1) is 14.3. The van der Waals surface area contributed by atoms with Gasteiger partial charge in [-0.25, -0.2) is 5.48 Å². The first-order valence-corrected chi connectivity index (χ1v) is 7.36. The molecule has 0 saturated heterocycles. The van der Waals surface area contributed by atoms with Crippen molar-refractivity contribution < 1.29 is 14.4 Å². The SMILES string of the molecule is O=C(CCOc1ccc(Br)cc1)NOC1CCCC1. The van der Waals surface area contributed by atoms with Crippen molar-refractivity contribution in [2.45, 2.75) is 38.2 Å². The van der Waals surface area contributed by atoms with Crippen LogP contribution >= 0.6 is 15.9 Å². The molecule has 1 aliphatic rings. The Morgan fingerprint density at radius 3 is 2.63 bits per heavy atom. The molecule has 19 heavy (non-hydrogen) atoms. The number of hydrogen-bond acceptors (Lipinski definition) is 3. The highest BCUT2D eigenvalue weighted by atomic mass is 79.9. The minimum absolute atomic E-state index is 0.135. The van der Waals surface area contributed by atoms with Crippen molar-refractivity contribution in [3.05, 3.63) is 28.7 Å². The van der Waals surface area contributed by atoms with Crippen molar-refractivity contribution in [2.24, 2.45) is 0 Å². The van der Waals surface area contributed by atoms with Crippen LogP contribution in [0.1, 0.15) is 32.1 Å². The summed E-state index contributed by atoms with van der Waals surface area (Å²) in [6.45, 7) is 0.349. The predicted octanol–water partition coefficient (Wildman–Crippen LogP) is 3.21. The number of carbonyl (C=O) groups excluding carboxylic acids is 1. The van der Waals surface area contributed by atoms with Crippen LogP contribution in [0.15, 0.2) is 28.7 Å². The van der Waals surface area contributed by atoms with Gasteiger partial charge in [0.05, 0.1) is 19.1 Å². The molecule has 1 fully saturated rings. The number of amides is 1. The first-order valence-electron chi connectivity index (χ1n) is 6.57. The Hall–Kier alpha value is -1.07. The van der Waals surface area contributed by atoms with E-state index in [0.717, 1.165) is 23.1 Å². The van der Waals surface area contributed by atoms with Gasteiger partial charge >= 0.3 is 0 Å². The summed E-state index contributed by atoms with van der Waals surface area (Å²) in [5.41, 5.74) is 2.49. The largest absolute Gasteiger partial charge is 0.493 e. The number of nitrogens with one attached hydrogen (secondary N) is 1. The van der Waals surface area contributed by atoms with E-state index in [1.165, 1.54) is 12.8 Å². The molecule has 0 atom stereocenters. The Balaban J connectivity index is 1.59. The van der Waals surface area contributed by atoms with E-state index in [0.29, 0.717) is 13.0 Å². The molecule has 0 aromatic heterocycles. The van der Waals surface area contributed by atoms with E-state index in [-0.39, 0.29) is 12.0 Å². The van der Waals surface area contributed by atoms with Gasteiger partial charge in [-0.1, -0.05) is 28.8 Å². The molecule has 1 aliphatic carbocycles. The van der Waals surface area contributed by atoms with Gasteiger partial charge in [-0.3, -0.25) is 9.63 Å². The highest BCUT2D eigenvalue weighted by Gasteiger charge is 2.16. The Kier molecular flexibility index (Phi) is 5.66. The van der Waals surface area contributed by atoms with E-state index in [9.17, 15) is 4.79 Å². The maximum Gasteiger partial charge on any atom is 0.246 e. The Morgan fingerprint density at radius 2 is 1.95 bits per heavy atom. The second kappa shape index (κ2) is 7.50. The molecule has 0 spiro atoms. The molecule has 0 heterocycles. The minimum atomic E-state index is -0.135. The third-order valence-corrected chi connectivity index (χ3v) is 3.58. The molecular formula is C14H18BrNO3. The third kappa shape index (κ3) is 5.20. The summed E-state index contributed by atoms with van der Waals surface area (Å²) >= 11 is 3.35. The Morgan fingerprint density at radius 1 is 1.26 bits per heavy atom. The lowest BCUT2D eigenvalue weighted by atomic mass is 10.3. The van der Waals surface area contributed by atoms with Crippen molar-refractivity contribution in [3.8, 4) is 5.75 Å². The number of hydroxylamine groups is 1. The molecule has 104 valence electrons. The van der Waals surface area contributed by atoms with Gasteiger partial charge < -0.3 is 4.74 Å². The Bertz CT molecular complexity index is 402. The van der Waals surface area contributed by atoms with Crippen LogP contribution < -0.4 is 10.2 Å². The zero-order valence-electron chi connectivity index (χ0n) is 10.7. The second-order valence-electron chi connectivity index (χ2n) is 4.60. The van der Waals surface area contributed by atoms with Crippen molar-refractivity contribution in [1.82, 2.24) is 5.48 Å². The molecule has 1 amide bonds. The molecule has 0 aliphatic heterocycles. The van der Waals surface area contributed by atoms with Crippen LogP contribution in [0.4, 0.5) is 0 Å². The molecule has 1 aromatic carbocycles. The first-order chi connectivity index (χ1) is 9.24. The van der Waals surface area contributed by atoms with Crippen LogP contribution in [-0.4, -0.2) is 18.6 Å². The third-order valence-electron chi connectivity index (χ3n) is 3.05. The topological polar surface area (TPSA) is 47.6 Å². The van der Waals surface area contributed by atoms with E-state index >= 15 is 0 Å². The van der Waals surface area contributed by atoms with Crippen LogP contribution in [0.25, 0.3) is 0 Å². The van der Waals surface area contributed by atoms with Gasteiger partial charge in [-0.15, -0.1) is 0 Å². The van der Waals surface area contributed by atoms with Crippen LogP contribution in [0.3, 0.4) is 0 Å². The van der Waals surface area contributed by atoms with Gasteiger partial charge in [0, 0.05) is 4.47 Å². The molecule has 0 bridgehead atoms. The van der Waals surface area contributed by atoms with Crippen molar-refractivity contribution in [1.29, 1.82) is 0 Å². The standard InChI is InChI=1S/C14H18BrNO3/c15-11-5-7-12(8-6-11)18-10-9-14(17)16-19-13-3-1-2-4-13/h5-8,13H,1-4,9-10H2,(H,16,17). The minimum Gasteiger partial charge on any atom is -0.493 e. The lowest BCUT2D eigenvalue weighted by molar-refractivity contribution is -0.138. The lowest BCUT2D eigenvalue weighted by Crippen LogP contribution is -2.29. The van der Waals surface area contributed by atoms with E-state index in [1.54, 1.807) is 0 Å². The van der Waals surface area contributed by atoms with Crippen molar-refractivity contribution >= 4 is 21.8 Å². The van der Waals surface area contributed by atoms with Crippen LogP contribution in [0.2, 0.25) is 0 Å². The zero-order chi connectivity index (χ0) is 13.5. The predicted molar refractivity (Wildman–Crippen MR) is 75.7 cm³/mol. The molecular weight excluding hydrogens is 310 g/mol. The summed E-state index contributed by atoms with van der Waals surface area (Å²) in [5.74, 6) is 0.622. The number of carbonyl (C=O) groups is 1. The Labute approximate surface area is 121 Å². The quantitative estimate of drug-likeness (QED) is 0.816. The number of ether oxygens (including phenoxy) is 1. The lowest BCUT2D eigenvalue weighted by Gasteiger charge is -2.11. The van der Waals surface area contributed by atoms with Crippen LogP contribution in [0, 0.1) is 0 Å². The number of hydrogen-bond donors (Lipinski definition) is 1. The van der Waals surface area contributed by atoms with Gasteiger partial charge in [-0.2, -0.15) is 0 Å². The molecule has 1 saturated carbocycles. The fourth-order valence-electron chi connectivity index (χ4n) is 2.00. The summed E-state index contributed by atoms with van der Waals surface area (Å²) in [5, 5.41) is 0. The van der Waals surface area contributed by atoms with Gasteiger partial charge in [0.1, 0.15) is 5.75 Å².